The van der Waals surface area contributed by atoms with E-state index in [1.807, 2.05) is 5.38 Å². The van der Waals surface area contributed by atoms with Crippen LogP contribution in [0.15, 0.2) is 11.4 Å². The summed E-state index contributed by atoms with van der Waals surface area (Å²) in [6.45, 7) is 2.23. The summed E-state index contributed by atoms with van der Waals surface area (Å²) in [7, 11) is 0. The number of hydrogen-bond donors (Lipinski definition) is 2. The molecule has 15 heavy (non-hydrogen) atoms. The lowest BCUT2D eigenvalue weighted by atomic mass is 10.1. The molecule has 0 bridgehead atoms. The number of nitrogens with two attached hydrogens (primary N) is 1. The van der Waals surface area contributed by atoms with Crippen molar-refractivity contribution in [2.75, 3.05) is 5.73 Å². The van der Waals surface area contributed by atoms with Gasteiger partial charge >= 0.3 is 0 Å². The molecule has 3 N–H and O–H groups in total. The van der Waals surface area contributed by atoms with Gasteiger partial charge in [-0.2, -0.15) is 0 Å². The van der Waals surface area contributed by atoms with E-state index in [1.165, 1.54) is 17.8 Å². The Bertz CT molecular complexity index is 361. The van der Waals surface area contributed by atoms with Crippen molar-refractivity contribution in [2.24, 2.45) is 5.92 Å². The highest BCUT2D eigenvalue weighted by Gasteiger charge is 2.23. The number of carbonyl (C=O) groups excluding carboxylic acids is 1. The number of rotatable bonds is 2. The third kappa shape index (κ3) is 2.31. The summed E-state index contributed by atoms with van der Waals surface area (Å²) in [5.74, 6) is 0.720. The normalized spacial score (nSPS) is 25.4. The molecule has 1 aromatic heterocycles. The first-order valence-electron chi connectivity index (χ1n) is 5.30. The Labute approximate surface area is 93.7 Å². The Morgan fingerprint density at radius 3 is 2.93 bits per heavy atom. The number of hydrogen-bond acceptors (Lipinski definition) is 3. The predicted molar refractivity (Wildman–Crippen MR) is 63.0 cm³/mol. The molecule has 82 valence electrons. The molecule has 1 amide bonds. The predicted octanol–water partition coefficient (Wildman–Crippen LogP) is 2.25. The molecule has 1 aromatic rings. The molecule has 1 saturated carbocycles. The molecule has 4 heteroatoms. The highest BCUT2D eigenvalue weighted by Crippen LogP contribution is 2.26. The summed E-state index contributed by atoms with van der Waals surface area (Å²) in [6.07, 6.45) is 3.40. The van der Waals surface area contributed by atoms with Gasteiger partial charge in [-0.25, -0.2) is 0 Å². The van der Waals surface area contributed by atoms with Gasteiger partial charge in [0.25, 0.3) is 5.91 Å². The Balaban J connectivity index is 1.96. The molecule has 2 unspecified atom stereocenters. The molecular weight excluding hydrogens is 208 g/mol. The van der Waals surface area contributed by atoms with E-state index >= 15 is 0 Å². The van der Waals surface area contributed by atoms with Gasteiger partial charge in [0.15, 0.2) is 0 Å². The monoisotopic (exact) mass is 224 g/mol. The molecule has 0 aliphatic heterocycles. The van der Waals surface area contributed by atoms with Crippen molar-refractivity contribution >= 4 is 22.9 Å². The Hall–Kier alpha value is -1.03. The average Bonchev–Trinajstić information content (AvgIpc) is 2.75. The summed E-state index contributed by atoms with van der Waals surface area (Å²) in [4.78, 5) is 12.5. The van der Waals surface area contributed by atoms with E-state index in [9.17, 15) is 4.79 Å². The number of anilines is 1. The quantitative estimate of drug-likeness (QED) is 0.809. The van der Waals surface area contributed by atoms with Crippen molar-refractivity contribution in [1.82, 2.24) is 5.32 Å². The van der Waals surface area contributed by atoms with Crippen LogP contribution < -0.4 is 11.1 Å². The molecule has 1 heterocycles. The van der Waals surface area contributed by atoms with Crippen molar-refractivity contribution in [3.8, 4) is 0 Å². The zero-order valence-electron chi connectivity index (χ0n) is 8.82. The maximum Gasteiger partial charge on any atom is 0.263 e. The number of nitrogens with one attached hydrogen (secondary N) is 1. The Morgan fingerprint density at radius 1 is 1.60 bits per heavy atom. The van der Waals surface area contributed by atoms with Gasteiger partial charge in [0.05, 0.1) is 5.69 Å². The minimum Gasteiger partial charge on any atom is -0.397 e. The van der Waals surface area contributed by atoms with Crippen molar-refractivity contribution in [3.63, 3.8) is 0 Å². The van der Waals surface area contributed by atoms with Crippen molar-refractivity contribution in [1.29, 1.82) is 0 Å². The highest BCUT2D eigenvalue weighted by molar-refractivity contribution is 7.12. The Kier molecular flexibility index (Phi) is 2.95. The van der Waals surface area contributed by atoms with E-state index in [0.29, 0.717) is 16.6 Å². The molecule has 0 radical (unpaired) electrons. The second-order valence-corrected chi connectivity index (χ2v) is 5.21. The second kappa shape index (κ2) is 4.23. The molecular formula is C11H16N2OS. The maximum atomic E-state index is 11.8. The molecule has 0 saturated heterocycles. The molecule has 2 atom stereocenters. The van der Waals surface area contributed by atoms with Gasteiger partial charge in [0, 0.05) is 6.04 Å². The molecule has 0 aromatic carbocycles. The topological polar surface area (TPSA) is 55.1 Å². The van der Waals surface area contributed by atoms with E-state index in [0.717, 1.165) is 18.8 Å². The van der Waals surface area contributed by atoms with Crippen LogP contribution in [0.25, 0.3) is 0 Å². The molecule has 1 aliphatic carbocycles. The van der Waals surface area contributed by atoms with Gasteiger partial charge in [-0.1, -0.05) is 6.92 Å². The number of carbonyl (C=O) groups is 1. The van der Waals surface area contributed by atoms with Crippen LogP contribution in [0.1, 0.15) is 35.9 Å². The fraction of sp³-hybridized carbons (Fsp3) is 0.545. The molecule has 2 rings (SSSR count). The summed E-state index contributed by atoms with van der Waals surface area (Å²) >= 11 is 1.40. The molecule has 1 aliphatic rings. The number of thiophene rings is 1. The third-order valence-electron chi connectivity index (χ3n) is 2.93. The molecule has 1 fully saturated rings. The van der Waals surface area contributed by atoms with Gasteiger partial charge in [-0.3, -0.25) is 4.79 Å². The Morgan fingerprint density at radius 2 is 2.40 bits per heavy atom. The van der Waals surface area contributed by atoms with Crippen LogP contribution in [-0.4, -0.2) is 11.9 Å². The standard InChI is InChI=1S/C11H16N2OS/c1-7-2-3-8(6-7)13-11(14)10-9(12)4-5-15-10/h4-5,7-8H,2-3,6,12H2,1H3,(H,13,14). The molecule has 3 nitrogen and oxygen atoms in total. The van der Waals surface area contributed by atoms with Crippen LogP contribution in [0.3, 0.4) is 0 Å². The van der Waals surface area contributed by atoms with Crippen LogP contribution in [0.5, 0.6) is 0 Å². The summed E-state index contributed by atoms with van der Waals surface area (Å²) in [5, 5.41) is 4.89. The first kappa shape index (κ1) is 10.5. The first-order chi connectivity index (χ1) is 7.16. The van der Waals surface area contributed by atoms with Crippen LogP contribution in [-0.2, 0) is 0 Å². The highest BCUT2D eigenvalue weighted by atomic mass is 32.1. The maximum absolute atomic E-state index is 11.8. The summed E-state index contributed by atoms with van der Waals surface area (Å²) < 4.78 is 0. The number of nitrogen functional groups attached to an aromatic ring is 1. The van der Waals surface area contributed by atoms with Crippen molar-refractivity contribution < 1.29 is 4.79 Å². The van der Waals surface area contributed by atoms with E-state index in [4.69, 9.17) is 5.73 Å². The lowest BCUT2D eigenvalue weighted by Crippen LogP contribution is -2.32. The lowest BCUT2D eigenvalue weighted by Gasteiger charge is -2.11. The smallest absolute Gasteiger partial charge is 0.263 e. The van der Waals surface area contributed by atoms with E-state index in [2.05, 4.69) is 12.2 Å². The largest absolute Gasteiger partial charge is 0.397 e. The second-order valence-electron chi connectivity index (χ2n) is 4.29. The minimum absolute atomic E-state index is 0.0124. The van der Waals surface area contributed by atoms with Gasteiger partial charge < -0.3 is 11.1 Å². The summed E-state index contributed by atoms with van der Waals surface area (Å²) in [5.41, 5.74) is 6.28. The van der Waals surface area contributed by atoms with E-state index in [1.54, 1.807) is 6.07 Å². The van der Waals surface area contributed by atoms with Crippen LogP contribution >= 0.6 is 11.3 Å². The lowest BCUT2D eigenvalue weighted by molar-refractivity contribution is 0.0942. The zero-order valence-corrected chi connectivity index (χ0v) is 9.64. The SMILES string of the molecule is CC1CCC(NC(=O)c2sccc2N)C1. The minimum atomic E-state index is -0.0124. The molecule has 0 spiro atoms. The fourth-order valence-corrected chi connectivity index (χ4v) is 2.81. The fourth-order valence-electron chi connectivity index (χ4n) is 2.09. The van der Waals surface area contributed by atoms with Gasteiger partial charge in [0.1, 0.15) is 4.88 Å². The van der Waals surface area contributed by atoms with Gasteiger partial charge in [0.2, 0.25) is 0 Å². The first-order valence-corrected chi connectivity index (χ1v) is 6.18. The van der Waals surface area contributed by atoms with Crippen LogP contribution in [0.4, 0.5) is 5.69 Å². The van der Waals surface area contributed by atoms with Crippen LogP contribution in [0, 0.1) is 5.92 Å². The van der Waals surface area contributed by atoms with E-state index in [-0.39, 0.29) is 5.91 Å². The average molecular weight is 224 g/mol. The third-order valence-corrected chi connectivity index (χ3v) is 3.86. The zero-order chi connectivity index (χ0) is 10.8. The van der Waals surface area contributed by atoms with Gasteiger partial charge in [-0.15, -0.1) is 11.3 Å². The van der Waals surface area contributed by atoms with E-state index < -0.39 is 0 Å². The van der Waals surface area contributed by atoms with Gasteiger partial charge in [-0.05, 0) is 36.6 Å². The van der Waals surface area contributed by atoms with Crippen molar-refractivity contribution in [3.05, 3.63) is 16.3 Å². The summed E-state index contributed by atoms with van der Waals surface area (Å²) in [6, 6.07) is 2.12. The van der Waals surface area contributed by atoms with Crippen molar-refractivity contribution in [2.45, 2.75) is 32.2 Å². The van der Waals surface area contributed by atoms with Crippen LogP contribution in [0.2, 0.25) is 0 Å². The number of amides is 1.